The van der Waals surface area contributed by atoms with Gasteiger partial charge in [-0.25, -0.2) is 0 Å². The van der Waals surface area contributed by atoms with Gasteiger partial charge in [-0.15, -0.1) is 0 Å². The maximum atomic E-state index is 12.9. The molecule has 0 unspecified atom stereocenters. The molecule has 0 N–H and O–H groups in total. The lowest BCUT2D eigenvalue weighted by atomic mass is 10.1. The monoisotopic (exact) mass is 939 g/mol. The number of ether oxygens (including phenoxy) is 3. The molecule has 6 nitrogen and oxygen atoms in total. The molecule has 0 aromatic heterocycles. The van der Waals surface area contributed by atoms with Crippen LogP contribution in [0.5, 0.6) is 0 Å². The summed E-state index contributed by atoms with van der Waals surface area (Å²) < 4.78 is 16.9. The number of unbranched alkanes of at least 4 members (excludes halogenated alkanes) is 34. The molecule has 67 heavy (non-hydrogen) atoms. The van der Waals surface area contributed by atoms with Crippen molar-refractivity contribution in [1.29, 1.82) is 0 Å². The molecule has 0 saturated heterocycles. The zero-order valence-electron chi connectivity index (χ0n) is 44.7. The van der Waals surface area contributed by atoms with Crippen molar-refractivity contribution < 1.29 is 28.6 Å². The van der Waals surface area contributed by atoms with Gasteiger partial charge in [0.1, 0.15) is 13.2 Å². The Kier molecular flexibility index (Phi) is 53.8. The minimum absolute atomic E-state index is 0.0781. The van der Waals surface area contributed by atoms with Crippen molar-refractivity contribution in [3.8, 4) is 0 Å². The van der Waals surface area contributed by atoms with E-state index in [4.69, 9.17) is 14.2 Å². The summed E-state index contributed by atoms with van der Waals surface area (Å²) >= 11 is 0. The van der Waals surface area contributed by atoms with Crippen molar-refractivity contribution in [1.82, 2.24) is 0 Å². The molecule has 390 valence electrons. The van der Waals surface area contributed by atoms with Gasteiger partial charge >= 0.3 is 17.9 Å². The molecule has 0 saturated carbocycles. The quantitative estimate of drug-likeness (QED) is 0.0262. The summed E-state index contributed by atoms with van der Waals surface area (Å²) in [6.45, 7) is 6.61. The molecule has 1 atom stereocenters. The second-order valence-corrected chi connectivity index (χ2v) is 19.5. The summed E-state index contributed by atoms with van der Waals surface area (Å²) in [5.74, 6) is -0.882. The fraction of sp³-hybridized carbons (Fsp3) is 0.820. The lowest BCUT2D eigenvalue weighted by molar-refractivity contribution is -0.167. The summed E-state index contributed by atoms with van der Waals surface area (Å²) in [5.41, 5.74) is 0. The van der Waals surface area contributed by atoms with Gasteiger partial charge in [-0.1, -0.05) is 230 Å². The normalized spacial score (nSPS) is 12.3. The van der Waals surface area contributed by atoms with Crippen LogP contribution in [0.25, 0.3) is 0 Å². The fourth-order valence-electron chi connectivity index (χ4n) is 8.35. The zero-order chi connectivity index (χ0) is 48.6. The van der Waals surface area contributed by atoms with Crippen LogP contribution in [0, 0.1) is 0 Å². The second kappa shape index (κ2) is 56.0. The molecule has 6 heteroatoms. The minimum atomic E-state index is -0.779. The van der Waals surface area contributed by atoms with Crippen LogP contribution in [0.15, 0.2) is 48.6 Å². The maximum Gasteiger partial charge on any atom is 0.306 e. The van der Waals surface area contributed by atoms with Gasteiger partial charge < -0.3 is 14.2 Å². The predicted octanol–water partition coefficient (Wildman–Crippen LogP) is 19.4. The fourth-order valence-corrected chi connectivity index (χ4v) is 8.35. The highest BCUT2D eigenvalue weighted by Crippen LogP contribution is 2.15. The Bertz CT molecular complexity index is 1170. The first kappa shape index (κ1) is 64.4. The summed E-state index contributed by atoms with van der Waals surface area (Å²) in [6.07, 6.45) is 68.1. The molecule has 0 aliphatic carbocycles. The first-order valence-electron chi connectivity index (χ1n) is 29.1. The third kappa shape index (κ3) is 54.2. The topological polar surface area (TPSA) is 78.9 Å². The Hall–Kier alpha value is -2.63. The lowest BCUT2D eigenvalue weighted by Crippen LogP contribution is -2.30. The van der Waals surface area contributed by atoms with Crippen molar-refractivity contribution in [3.05, 3.63) is 48.6 Å². The van der Waals surface area contributed by atoms with Crippen molar-refractivity contribution >= 4 is 17.9 Å². The smallest absolute Gasteiger partial charge is 0.306 e. The van der Waals surface area contributed by atoms with E-state index in [-0.39, 0.29) is 31.1 Å². The van der Waals surface area contributed by atoms with E-state index in [1.165, 1.54) is 193 Å². The molecule has 0 amide bonds. The average molecular weight is 940 g/mol. The number of hydrogen-bond acceptors (Lipinski definition) is 6. The number of carbonyl (C=O) groups excluding carboxylic acids is 3. The Labute approximate surface area is 416 Å². The Morgan fingerprint density at radius 2 is 0.537 bits per heavy atom. The van der Waals surface area contributed by atoms with Gasteiger partial charge in [0.25, 0.3) is 0 Å². The van der Waals surface area contributed by atoms with Gasteiger partial charge in [0.2, 0.25) is 0 Å². The molecule has 0 heterocycles. The van der Waals surface area contributed by atoms with E-state index in [1.807, 2.05) is 0 Å². The highest BCUT2D eigenvalue weighted by molar-refractivity contribution is 5.71. The molecule has 0 radical (unpaired) electrons. The van der Waals surface area contributed by atoms with E-state index in [9.17, 15) is 14.4 Å². The van der Waals surface area contributed by atoms with Crippen molar-refractivity contribution in [2.24, 2.45) is 0 Å². The van der Waals surface area contributed by atoms with Gasteiger partial charge in [0, 0.05) is 19.3 Å². The second-order valence-electron chi connectivity index (χ2n) is 19.5. The summed E-state index contributed by atoms with van der Waals surface area (Å²) in [7, 11) is 0. The predicted molar refractivity (Wildman–Crippen MR) is 289 cm³/mol. The van der Waals surface area contributed by atoms with E-state index >= 15 is 0 Å². The Morgan fingerprint density at radius 1 is 0.299 bits per heavy atom. The van der Waals surface area contributed by atoms with Gasteiger partial charge in [0.05, 0.1) is 0 Å². The number of hydrogen-bond donors (Lipinski definition) is 0. The molecule has 0 aromatic rings. The number of carbonyl (C=O) groups is 3. The van der Waals surface area contributed by atoms with Crippen molar-refractivity contribution in [2.75, 3.05) is 13.2 Å². The van der Waals surface area contributed by atoms with Gasteiger partial charge in [0.15, 0.2) is 6.10 Å². The Morgan fingerprint density at radius 3 is 0.881 bits per heavy atom. The third-order valence-electron chi connectivity index (χ3n) is 12.8. The molecule has 0 rings (SSSR count). The van der Waals surface area contributed by atoms with E-state index in [0.29, 0.717) is 19.3 Å². The molecule has 0 aromatic carbocycles. The highest BCUT2D eigenvalue weighted by Gasteiger charge is 2.19. The molecule has 0 aliphatic heterocycles. The molecular formula is C61H110O6. The molecule has 0 fully saturated rings. The van der Waals surface area contributed by atoms with Gasteiger partial charge in [-0.3, -0.25) is 14.4 Å². The van der Waals surface area contributed by atoms with Crippen LogP contribution in [-0.2, 0) is 28.6 Å². The SMILES string of the molecule is CCCCC/C=C\C/C=C\CCCCCCCCCCCC(=O)OC[C@H](COC(=O)CCCCCCC/C=C\CCCCCC)OC(=O)CCCCCCCCC/C=C\CCCCCCCC. The van der Waals surface area contributed by atoms with Crippen LogP contribution in [0.4, 0.5) is 0 Å². The van der Waals surface area contributed by atoms with Crippen LogP contribution in [0.3, 0.4) is 0 Å². The van der Waals surface area contributed by atoms with Crippen LogP contribution >= 0.6 is 0 Å². The van der Waals surface area contributed by atoms with E-state index in [2.05, 4.69) is 69.4 Å². The van der Waals surface area contributed by atoms with Crippen LogP contribution in [0.1, 0.15) is 303 Å². The van der Waals surface area contributed by atoms with Crippen LogP contribution in [0.2, 0.25) is 0 Å². The first-order valence-corrected chi connectivity index (χ1v) is 29.1. The summed E-state index contributed by atoms with van der Waals surface area (Å²) in [4.78, 5) is 38.1. The van der Waals surface area contributed by atoms with E-state index in [0.717, 1.165) is 70.6 Å². The van der Waals surface area contributed by atoms with Gasteiger partial charge in [-0.2, -0.15) is 0 Å². The average Bonchev–Trinajstić information content (AvgIpc) is 3.33. The summed E-state index contributed by atoms with van der Waals surface area (Å²) in [5, 5.41) is 0. The molecule has 0 bridgehead atoms. The van der Waals surface area contributed by atoms with Crippen LogP contribution < -0.4 is 0 Å². The number of rotatable bonds is 53. The van der Waals surface area contributed by atoms with E-state index < -0.39 is 6.10 Å². The molecular weight excluding hydrogens is 829 g/mol. The van der Waals surface area contributed by atoms with Crippen molar-refractivity contribution in [3.63, 3.8) is 0 Å². The molecule has 0 aliphatic rings. The standard InChI is InChI=1S/C61H110O6/c1-4-7-10-13-16-19-22-25-27-29-30-32-33-36-39-42-45-48-51-54-60(63)66-57-58(56-65-59(62)53-50-47-44-41-38-35-24-21-18-15-12-9-6-3)67-61(64)55-52-49-46-43-40-37-34-31-28-26-23-20-17-14-11-8-5-2/h16,19,21,24-28,58H,4-15,17-18,20,22-23,29-57H2,1-3H3/b19-16-,24-21-,27-25-,28-26-/t58-/m0/s1. The first-order chi connectivity index (χ1) is 33.0. The highest BCUT2D eigenvalue weighted by atomic mass is 16.6. The van der Waals surface area contributed by atoms with Gasteiger partial charge in [-0.05, 0) is 103 Å². The van der Waals surface area contributed by atoms with Crippen molar-refractivity contribution in [2.45, 2.75) is 309 Å². The van der Waals surface area contributed by atoms with E-state index in [1.54, 1.807) is 0 Å². The number of esters is 3. The molecule has 0 spiro atoms. The zero-order valence-corrected chi connectivity index (χ0v) is 44.7. The third-order valence-corrected chi connectivity index (χ3v) is 12.8. The minimum Gasteiger partial charge on any atom is -0.462 e. The lowest BCUT2D eigenvalue weighted by Gasteiger charge is -2.18. The maximum absolute atomic E-state index is 12.9. The Balaban J connectivity index is 4.35. The van der Waals surface area contributed by atoms with Crippen LogP contribution in [-0.4, -0.2) is 37.2 Å². The number of allylic oxidation sites excluding steroid dienone is 8. The largest absolute Gasteiger partial charge is 0.462 e. The summed E-state index contributed by atoms with van der Waals surface area (Å²) in [6, 6.07) is 0.